The van der Waals surface area contributed by atoms with Gasteiger partial charge < -0.3 is 10.6 Å². The van der Waals surface area contributed by atoms with Crippen LogP contribution < -0.4 is 5.73 Å². The molecule has 1 saturated carbocycles. The van der Waals surface area contributed by atoms with E-state index < -0.39 is 0 Å². The first-order valence-electron chi connectivity index (χ1n) is 7.03. The average Bonchev–Trinajstić information content (AvgIpc) is 2.27. The second-order valence-corrected chi connectivity index (χ2v) is 5.96. The zero-order chi connectivity index (χ0) is 12.0. The molecule has 0 radical (unpaired) electrons. The van der Waals surface area contributed by atoms with Gasteiger partial charge in [-0.05, 0) is 44.7 Å². The van der Waals surface area contributed by atoms with Crippen molar-refractivity contribution in [3.05, 3.63) is 0 Å². The van der Waals surface area contributed by atoms with Crippen LogP contribution >= 0.6 is 0 Å². The Morgan fingerprint density at radius 2 is 1.81 bits per heavy atom. The van der Waals surface area contributed by atoms with E-state index in [4.69, 9.17) is 5.73 Å². The van der Waals surface area contributed by atoms with Gasteiger partial charge in [0, 0.05) is 12.6 Å². The molecule has 0 amide bonds. The summed E-state index contributed by atoms with van der Waals surface area (Å²) >= 11 is 0. The van der Waals surface area contributed by atoms with Gasteiger partial charge in [0.2, 0.25) is 0 Å². The smallest absolute Gasteiger partial charge is 0.00740 e. The van der Waals surface area contributed by atoms with Crippen molar-refractivity contribution in [1.82, 2.24) is 4.90 Å². The second-order valence-electron chi connectivity index (χ2n) is 5.96. The Hall–Kier alpha value is -0.0800. The molecule has 0 saturated heterocycles. The van der Waals surface area contributed by atoms with Crippen LogP contribution in [0.4, 0.5) is 0 Å². The summed E-state index contributed by atoms with van der Waals surface area (Å²) in [5.74, 6) is 1.57. The minimum Gasteiger partial charge on any atom is -0.327 e. The van der Waals surface area contributed by atoms with Gasteiger partial charge >= 0.3 is 0 Å². The molecule has 1 unspecified atom stereocenters. The average molecular weight is 226 g/mol. The Balaban J connectivity index is 2.12. The molecular formula is C14H30N2. The van der Waals surface area contributed by atoms with Crippen LogP contribution in [0.15, 0.2) is 0 Å². The highest BCUT2D eigenvalue weighted by Gasteiger charge is 2.16. The van der Waals surface area contributed by atoms with E-state index in [1.54, 1.807) is 0 Å². The second kappa shape index (κ2) is 7.29. The van der Waals surface area contributed by atoms with E-state index in [1.165, 1.54) is 38.6 Å². The first-order valence-corrected chi connectivity index (χ1v) is 7.03. The standard InChI is InChI=1S/C14H30N2/c1-12(2)14(15)9-10-16(3)11-13-7-5-4-6-8-13/h12-14H,4-11,15H2,1-3H3. The Bertz CT molecular complexity index is 174. The first kappa shape index (κ1) is 14.0. The zero-order valence-corrected chi connectivity index (χ0v) is 11.4. The fourth-order valence-corrected chi connectivity index (χ4v) is 2.60. The lowest BCUT2D eigenvalue weighted by atomic mass is 9.89. The number of hydrogen-bond acceptors (Lipinski definition) is 2. The van der Waals surface area contributed by atoms with Gasteiger partial charge in [-0.25, -0.2) is 0 Å². The molecule has 1 aliphatic rings. The molecule has 0 aromatic heterocycles. The van der Waals surface area contributed by atoms with Gasteiger partial charge in [0.1, 0.15) is 0 Å². The van der Waals surface area contributed by atoms with Crippen molar-refractivity contribution in [2.45, 2.75) is 58.4 Å². The van der Waals surface area contributed by atoms with Crippen molar-refractivity contribution in [2.24, 2.45) is 17.6 Å². The molecule has 96 valence electrons. The summed E-state index contributed by atoms with van der Waals surface area (Å²) in [5.41, 5.74) is 6.07. The number of hydrogen-bond donors (Lipinski definition) is 1. The van der Waals surface area contributed by atoms with Crippen LogP contribution in [0.5, 0.6) is 0 Å². The van der Waals surface area contributed by atoms with E-state index in [-0.39, 0.29) is 0 Å². The van der Waals surface area contributed by atoms with Crippen LogP contribution in [0.2, 0.25) is 0 Å². The molecule has 0 spiro atoms. The molecule has 2 nitrogen and oxygen atoms in total. The maximum atomic E-state index is 6.07. The van der Waals surface area contributed by atoms with Gasteiger partial charge in [-0.2, -0.15) is 0 Å². The molecule has 2 N–H and O–H groups in total. The van der Waals surface area contributed by atoms with Gasteiger partial charge in [0.05, 0.1) is 0 Å². The number of nitrogens with zero attached hydrogens (tertiary/aromatic N) is 1. The van der Waals surface area contributed by atoms with Crippen LogP contribution in [0.1, 0.15) is 52.4 Å². The van der Waals surface area contributed by atoms with Crippen LogP contribution in [-0.2, 0) is 0 Å². The molecule has 1 rings (SSSR count). The zero-order valence-electron chi connectivity index (χ0n) is 11.4. The first-order chi connectivity index (χ1) is 7.59. The predicted octanol–water partition coefficient (Wildman–Crippen LogP) is 2.87. The minimum absolute atomic E-state index is 0.369. The molecular weight excluding hydrogens is 196 g/mol. The topological polar surface area (TPSA) is 29.3 Å². The molecule has 16 heavy (non-hydrogen) atoms. The van der Waals surface area contributed by atoms with Gasteiger partial charge in [-0.1, -0.05) is 33.1 Å². The Kier molecular flexibility index (Phi) is 6.37. The van der Waals surface area contributed by atoms with Gasteiger partial charge in [0.15, 0.2) is 0 Å². The number of nitrogens with two attached hydrogens (primary N) is 1. The molecule has 0 aromatic carbocycles. The molecule has 0 bridgehead atoms. The summed E-state index contributed by atoms with van der Waals surface area (Å²) in [5, 5.41) is 0. The lowest BCUT2D eigenvalue weighted by Crippen LogP contribution is -2.34. The van der Waals surface area contributed by atoms with Crippen molar-refractivity contribution in [3.8, 4) is 0 Å². The Labute approximate surface area is 102 Å². The summed E-state index contributed by atoms with van der Waals surface area (Å²) in [6.07, 6.45) is 8.38. The highest BCUT2D eigenvalue weighted by Crippen LogP contribution is 2.24. The fourth-order valence-electron chi connectivity index (χ4n) is 2.60. The maximum Gasteiger partial charge on any atom is 0.00740 e. The summed E-state index contributed by atoms with van der Waals surface area (Å²) in [7, 11) is 2.25. The van der Waals surface area contributed by atoms with E-state index in [1.807, 2.05) is 0 Å². The summed E-state index contributed by atoms with van der Waals surface area (Å²) in [6.45, 7) is 6.87. The molecule has 1 atom stereocenters. The third kappa shape index (κ3) is 5.31. The van der Waals surface area contributed by atoms with Crippen molar-refractivity contribution < 1.29 is 0 Å². The molecule has 1 fully saturated rings. The van der Waals surface area contributed by atoms with E-state index in [9.17, 15) is 0 Å². The van der Waals surface area contributed by atoms with Crippen molar-refractivity contribution in [3.63, 3.8) is 0 Å². The molecule has 0 heterocycles. The Morgan fingerprint density at radius 1 is 1.19 bits per heavy atom. The lowest BCUT2D eigenvalue weighted by Gasteiger charge is -2.28. The highest BCUT2D eigenvalue weighted by atomic mass is 15.1. The summed E-state index contributed by atoms with van der Waals surface area (Å²) < 4.78 is 0. The quantitative estimate of drug-likeness (QED) is 0.754. The third-order valence-corrected chi connectivity index (χ3v) is 4.00. The molecule has 0 aromatic rings. The summed E-state index contributed by atoms with van der Waals surface area (Å²) in [4.78, 5) is 2.48. The van der Waals surface area contributed by atoms with Gasteiger partial charge in [0.25, 0.3) is 0 Å². The van der Waals surface area contributed by atoms with Crippen molar-refractivity contribution in [1.29, 1.82) is 0 Å². The molecule has 2 heteroatoms. The minimum atomic E-state index is 0.369. The normalized spacial score (nSPS) is 20.6. The van der Waals surface area contributed by atoms with Crippen molar-refractivity contribution in [2.75, 3.05) is 20.1 Å². The largest absolute Gasteiger partial charge is 0.327 e. The third-order valence-electron chi connectivity index (χ3n) is 4.00. The van der Waals surface area contributed by atoms with Crippen molar-refractivity contribution >= 4 is 0 Å². The highest BCUT2D eigenvalue weighted by molar-refractivity contribution is 4.71. The van der Waals surface area contributed by atoms with E-state index in [0.29, 0.717) is 12.0 Å². The fraction of sp³-hybridized carbons (Fsp3) is 1.00. The van der Waals surface area contributed by atoms with Crippen LogP contribution in [0.25, 0.3) is 0 Å². The van der Waals surface area contributed by atoms with Gasteiger partial charge in [-0.3, -0.25) is 0 Å². The van der Waals surface area contributed by atoms with Crippen LogP contribution in [-0.4, -0.2) is 31.1 Å². The van der Waals surface area contributed by atoms with E-state index in [2.05, 4.69) is 25.8 Å². The van der Waals surface area contributed by atoms with E-state index in [0.717, 1.165) is 18.9 Å². The van der Waals surface area contributed by atoms with Crippen LogP contribution in [0, 0.1) is 11.8 Å². The Morgan fingerprint density at radius 3 is 2.38 bits per heavy atom. The van der Waals surface area contributed by atoms with Gasteiger partial charge in [-0.15, -0.1) is 0 Å². The predicted molar refractivity (Wildman–Crippen MR) is 71.5 cm³/mol. The molecule has 1 aliphatic carbocycles. The maximum absolute atomic E-state index is 6.07. The lowest BCUT2D eigenvalue weighted by molar-refractivity contribution is 0.223. The monoisotopic (exact) mass is 226 g/mol. The summed E-state index contributed by atoms with van der Waals surface area (Å²) in [6, 6.07) is 0.369. The molecule has 0 aliphatic heterocycles. The number of rotatable bonds is 6. The SMILES string of the molecule is CC(C)C(N)CCN(C)CC1CCCCC1. The van der Waals surface area contributed by atoms with Crippen LogP contribution in [0.3, 0.4) is 0 Å². The van der Waals surface area contributed by atoms with E-state index >= 15 is 0 Å².